The predicted octanol–water partition coefficient (Wildman–Crippen LogP) is 2.20. The van der Waals surface area contributed by atoms with Crippen LogP contribution in [-0.4, -0.2) is 63.9 Å². The Hall–Kier alpha value is -2.54. The number of hydrogen-bond acceptors (Lipinski definition) is 6. The Morgan fingerprint density at radius 2 is 2.04 bits per heavy atom. The number of nitrogens with one attached hydrogen (secondary N) is 1. The molecule has 0 saturated carbocycles. The fraction of sp³-hybridized carbons (Fsp3) is 0.500. The molecule has 1 N–H and O–H groups in total. The third kappa shape index (κ3) is 4.60. The molecule has 0 aliphatic carbocycles. The number of carbonyl (C=O) groups is 1. The van der Waals surface area contributed by atoms with Crippen LogP contribution < -0.4 is 5.32 Å². The highest BCUT2D eigenvalue weighted by Gasteiger charge is 2.24. The molecule has 144 valence electrons. The van der Waals surface area contributed by atoms with Crippen LogP contribution in [0, 0.1) is 0 Å². The largest absolute Gasteiger partial charge is 0.370 e. The van der Waals surface area contributed by atoms with E-state index in [1.165, 1.54) is 0 Å². The molecule has 0 fully saturated rings. The van der Waals surface area contributed by atoms with Crippen LogP contribution in [0.15, 0.2) is 24.5 Å². The number of nitrogens with zero attached hydrogens (tertiary/aromatic N) is 5. The maximum Gasteiger partial charge on any atom is 0.219 e. The highest BCUT2D eigenvalue weighted by molar-refractivity contribution is 5.74. The molecule has 0 radical (unpaired) electrons. The highest BCUT2D eigenvalue weighted by atomic mass is 16.2. The molecule has 7 nitrogen and oxygen atoms in total. The monoisotopic (exact) mass is 368 g/mol. The van der Waals surface area contributed by atoms with E-state index in [1.54, 1.807) is 19.3 Å². The van der Waals surface area contributed by atoms with Gasteiger partial charge < -0.3 is 15.1 Å². The van der Waals surface area contributed by atoms with Crippen LogP contribution in [-0.2, 0) is 17.8 Å². The maximum absolute atomic E-state index is 11.8. The third-order valence-corrected chi connectivity index (χ3v) is 5.19. The molecule has 0 spiro atoms. The summed E-state index contributed by atoms with van der Waals surface area (Å²) < 4.78 is 0. The summed E-state index contributed by atoms with van der Waals surface area (Å²) in [5, 5.41) is 3.52. The Balaban J connectivity index is 1.89. The second kappa shape index (κ2) is 8.43. The van der Waals surface area contributed by atoms with Gasteiger partial charge in [0.15, 0.2) is 5.82 Å². The summed E-state index contributed by atoms with van der Waals surface area (Å²) in [7, 11) is 4.18. The average molecular weight is 368 g/mol. The van der Waals surface area contributed by atoms with Gasteiger partial charge in [-0.25, -0.2) is 9.97 Å². The molecule has 2 aromatic rings. The van der Waals surface area contributed by atoms with Crippen LogP contribution in [0.1, 0.15) is 31.5 Å². The summed E-state index contributed by atoms with van der Waals surface area (Å²) in [5.41, 5.74) is 2.99. The second-order valence-corrected chi connectivity index (χ2v) is 7.28. The van der Waals surface area contributed by atoms with E-state index in [0.717, 1.165) is 42.0 Å². The topological polar surface area (TPSA) is 74.2 Å². The maximum atomic E-state index is 11.8. The van der Waals surface area contributed by atoms with E-state index in [2.05, 4.69) is 36.2 Å². The molecular weight excluding hydrogens is 340 g/mol. The molecule has 0 bridgehead atoms. The SMILES string of the molecule is CC(=O)N1CCc2c(nc(-c3ccncc3)nc2NCC[C@H](C)N(C)C)C1. The Bertz CT molecular complexity index is 793. The van der Waals surface area contributed by atoms with E-state index >= 15 is 0 Å². The van der Waals surface area contributed by atoms with Crippen molar-refractivity contribution in [3.8, 4) is 11.4 Å². The Morgan fingerprint density at radius 3 is 2.70 bits per heavy atom. The van der Waals surface area contributed by atoms with Crippen molar-refractivity contribution in [2.45, 2.75) is 39.3 Å². The summed E-state index contributed by atoms with van der Waals surface area (Å²) in [4.78, 5) is 29.5. The zero-order chi connectivity index (χ0) is 19.4. The van der Waals surface area contributed by atoms with Gasteiger partial charge in [-0.15, -0.1) is 0 Å². The predicted molar refractivity (Wildman–Crippen MR) is 106 cm³/mol. The van der Waals surface area contributed by atoms with Crippen LogP contribution >= 0.6 is 0 Å². The minimum Gasteiger partial charge on any atom is -0.370 e. The first-order valence-corrected chi connectivity index (χ1v) is 9.41. The molecule has 1 amide bonds. The molecule has 1 aliphatic rings. The van der Waals surface area contributed by atoms with Crippen LogP contribution in [0.4, 0.5) is 5.82 Å². The normalized spacial score (nSPS) is 14.8. The Labute approximate surface area is 160 Å². The molecule has 27 heavy (non-hydrogen) atoms. The molecule has 2 aromatic heterocycles. The highest BCUT2D eigenvalue weighted by Crippen LogP contribution is 2.27. The summed E-state index contributed by atoms with van der Waals surface area (Å²) in [6, 6.07) is 4.30. The van der Waals surface area contributed by atoms with Gasteiger partial charge in [-0.1, -0.05) is 0 Å². The molecular formula is C20H28N6O. The number of anilines is 1. The number of pyridine rings is 1. The summed E-state index contributed by atoms with van der Waals surface area (Å²) in [6.45, 7) is 5.91. The lowest BCUT2D eigenvalue weighted by atomic mass is 10.0. The van der Waals surface area contributed by atoms with E-state index in [0.29, 0.717) is 25.0 Å². The Morgan fingerprint density at radius 1 is 1.30 bits per heavy atom. The standard InChI is InChI=1S/C20H28N6O/c1-14(25(3)4)5-11-22-20-17-8-12-26(15(2)27)13-18(17)23-19(24-20)16-6-9-21-10-7-16/h6-7,9-10,14H,5,8,11-13H2,1-4H3,(H,22,23,24)/t14-/m0/s1. The van der Waals surface area contributed by atoms with E-state index in [4.69, 9.17) is 9.97 Å². The van der Waals surface area contributed by atoms with Crippen molar-refractivity contribution in [3.05, 3.63) is 35.8 Å². The van der Waals surface area contributed by atoms with Crippen LogP contribution in [0.25, 0.3) is 11.4 Å². The smallest absolute Gasteiger partial charge is 0.219 e. The number of carbonyl (C=O) groups excluding carboxylic acids is 1. The van der Waals surface area contributed by atoms with Gasteiger partial charge in [-0.3, -0.25) is 9.78 Å². The Kier molecular flexibility index (Phi) is 6.01. The first-order chi connectivity index (χ1) is 13.0. The van der Waals surface area contributed by atoms with Crippen LogP contribution in [0.2, 0.25) is 0 Å². The van der Waals surface area contributed by atoms with Crippen molar-refractivity contribution in [2.24, 2.45) is 0 Å². The summed E-state index contributed by atoms with van der Waals surface area (Å²) >= 11 is 0. The lowest BCUT2D eigenvalue weighted by Crippen LogP contribution is -2.35. The van der Waals surface area contributed by atoms with Crippen molar-refractivity contribution in [3.63, 3.8) is 0 Å². The molecule has 3 rings (SSSR count). The molecule has 7 heteroatoms. The molecule has 3 heterocycles. The lowest BCUT2D eigenvalue weighted by Gasteiger charge is -2.29. The quantitative estimate of drug-likeness (QED) is 0.843. The van der Waals surface area contributed by atoms with Gasteiger partial charge in [0, 0.05) is 49.6 Å². The van der Waals surface area contributed by atoms with Gasteiger partial charge in [0.2, 0.25) is 5.91 Å². The van der Waals surface area contributed by atoms with Gasteiger partial charge in [-0.05, 0) is 46.0 Å². The number of aromatic nitrogens is 3. The number of hydrogen-bond donors (Lipinski definition) is 1. The zero-order valence-corrected chi connectivity index (χ0v) is 16.6. The van der Waals surface area contributed by atoms with Crippen molar-refractivity contribution < 1.29 is 4.79 Å². The summed E-state index contributed by atoms with van der Waals surface area (Å²) in [6.07, 6.45) is 5.28. The van der Waals surface area contributed by atoms with Gasteiger partial charge in [0.05, 0.1) is 12.2 Å². The van der Waals surface area contributed by atoms with Crippen LogP contribution in [0.3, 0.4) is 0 Å². The van der Waals surface area contributed by atoms with E-state index in [-0.39, 0.29) is 5.91 Å². The summed E-state index contributed by atoms with van der Waals surface area (Å²) in [5.74, 6) is 1.64. The first kappa shape index (κ1) is 19.2. The lowest BCUT2D eigenvalue weighted by molar-refractivity contribution is -0.129. The number of fused-ring (bicyclic) bond motifs is 1. The van der Waals surface area contributed by atoms with Crippen molar-refractivity contribution >= 4 is 11.7 Å². The minimum absolute atomic E-state index is 0.0824. The van der Waals surface area contributed by atoms with E-state index in [1.807, 2.05) is 17.0 Å². The van der Waals surface area contributed by atoms with Gasteiger partial charge in [0.1, 0.15) is 5.82 Å². The fourth-order valence-electron chi connectivity index (χ4n) is 3.13. The molecule has 0 unspecified atom stereocenters. The second-order valence-electron chi connectivity index (χ2n) is 7.28. The minimum atomic E-state index is 0.0824. The van der Waals surface area contributed by atoms with Gasteiger partial charge in [-0.2, -0.15) is 0 Å². The first-order valence-electron chi connectivity index (χ1n) is 9.41. The van der Waals surface area contributed by atoms with E-state index < -0.39 is 0 Å². The average Bonchev–Trinajstić information content (AvgIpc) is 2.67. The van der Waals surface area contributed by atoms with Gasteiger partial charge in [0.25, 0.3) is 0 Å². The number of amides is 1. The van der Waals surface area contributed by atoms with Crippen LogP contribution in [0.5, 0.6) is 0 Å². The molecule has 1 atom stereocenters. The van der Waals surface area contributed by atoms with Crippen molar-refractivity contribution in [2.75, 3.05) is 32.5 Å². The zero-order valence-electron chi connectivity index (χ0n) is 16.6. The molecule has 1 aliphatic heterocycles. The van der Waals surface area contributed by atoms with E-state index in [9.17, 15) is 4.79 Å². The molecule has 0 aromatic carbocycles. The van der Waals surface area contributed by atoms with Gasteiger partial charge >= 0.3 is 0 Å². The number of rotatable bonds is 6. The van der Waals surface area contributed by atoms with Crippen molar-refractivity contribution in [1.82, 2.24) is 24.8 Å². The molecule has 0 saturated heterocycles. The van der Waals surface area contributed by atoms with Crippen molar-refractivity contribution in [1.29, 1.82) is 0 Å². The fourth-order valence-corrected chi connectivity index (χ4v) is 3.13. The third-order valence-electron chi connectivity index (χ3n) is 5.19.